The van der Waals surface area contributed by atoms with Crippen LogP contribution in [0.1, 0.15) is 31.2 Å². The molecular formula is C23H29NO4S. The highest BCUT2D eigenvalue weighted by atomic mass is 32.2. The minimum Gasteiger partial charge on any atom is -0.468 e. The zero-order valence-corrected chi connectivity index (χ0v) is 17.7. The fourth-order valence-electron chi connectivity index (χ4n) is 4.09. The number of sulfone groups is 1. The van der Waals surface area contributed by atoms with E-state index in [-0.39, 0.29) is 11.7 Å². The van der Waals surface area contributed by atoms with E-state index in [9.17, 15) is 13.2 Å². The molecule has 0 radical (unpaired) electrons. The molecule has 0 amide bonds. The van der Waals surface area contributed by atoms with Gasteiger partial charge >= 0.3 is 5.97 Å². The molecule has 29 heavy (non-hydrogen) atoms. The molecule has 0 unspecified atom stereocenters. The minimum atomic E-state index is -3.21. The van der Waals surface area contributed by atoms with Gasteiger partial charge in [-0.25, -0.2) is 8.42 Å². The summed E-state index contributed by atoms with van der Waals surface area (Å²) in [6.07, 6.45) is 2.88. The summed E-state index contributed by atoms with van der Waals surface area (Å²) in [4.78, 5) is 15.3. The predicted molar refractivity (Wildman–Crippen MR) is 114 cm³/mol. The number of likely N-dealkylation sites (tertiary alicyclic amines) is 1. The zero-order valence-electron chi connectivity index (χ0n) is 16.9. The van der Waals surface area contributed by atoms with Gasteiger partial charge in [-0.2, -0.15) is 0 Å². The number of nitrogens with zero attached hydrogens (tertiary/aromatic N) is 1. The van der Waals surface area contributed by atoms with Crippen LogP contribution in [-0.2, 0) is 24.8 Å². The molecule has 1 saturated heterocycles. The van der Waals surface area contributed by atoms with Crippen molar-refractivity contribution in [2.24, 2.45) is 0 Å². The Kier molecular flexibility index (Phi) is 7.09. The molecule has 0 aliphatic carbocycles. The van der Waals surface area contributed by atoms with Crippen molar-refractivity contribution < 1.29 is 17.9 Å². The van der Waals surface area contributed by atoms with Crippen molar-refractivity contribution in [1.82, 2.24) is 4.90 Å². The number of unbranched alkanes of at least 4 members (excludes halogenated alkanes) is 1. The van der Waals surface area contributed by atoms with E-state index in [1.807, 2.05) is 36.4 Å². The quantitative estimate of drug-likeness (QED) is 0.488. The summed E-state index contributed by atoms with van der Waals surface area (Å²) >= 11 is 0. The Balaban J connectivity index is 1.51. The van der Waals surface area contributed by atoms with E-state index in [2.05, 4.69) is 4.90 Å². The van der Waals surface area contributed by atoms with Crippen molar-refractivity contribution in [1.29, 1.82) is 0 Å². The Bertz CT molecular complexity index is 889. The van der Waals surface area contributed by atoms with E-state index in [4.69, 9.17) is 4.74 Å². The van der Waals surface area contributed by atoms with E-state index < -0.39 is 15.3 Å². The summed E-state index contributed by atoms with van der Waals surface area (Å²) in [5.41, 5.74) is 0.434. The second kappa shape index (κ2) is 9.55. The first-order valence-corrected chi connectivity index (χ1v) is 11.8. The van der Waals surface area contributed by atoms with E-state index in [1.165, 1.54) is 7.11 Å². The van der Waals surface area contributed by atoms with E-state index >= 15 is 0 Å². The van der Waals surface area contributed by atoms with E-state index in [1.54, 1.807) is 24.3 Å². The third-order valence-corrected chi connectivity index (χ3v) is 7.67. The van der Waals surface area contributed by atoms with Crippen LogP contribution in [0.2, 0.25) is 0 Å². The van der Waals surface area contributed by atoms with E-state index in [0.29, 0.717) is 24.2 Å². The molecule has 0 aromatic heterocycles. The Morgan fingerprint density at radius 2 is 1.55 bits per heavy atom. The molecule has 3 rings (SSSR count). The highest BCUT2D eigenvalue weighted by Crippen LogP contribution is 2.36. The number of benzene rings is 2. The number of hydrogen-bond acceptors (Lipinski definition) is 5. The molecular weight excluding hydrogens is 386 g/mol. The van der Waals surface area contributed by atoms with Crippen molar-refractivity contribution >= 4 is 15.8 Å². The van der Waals surface area contributed by atoms with Crippen LogP contribution in [0, 0.1) is 0 Å². The molecule has 1 aliphatic rings. The first-order chi connectivity index (χ1) is 14.0. The van der Waals surface area contributed by atoms with Crippen molar-refractivity contribution in [2.75, 3.05) is 32.5 Å². The van der Waals surface area contributed by atoms with Crippen molar-refractivity contribution in [3.63, 3.8) is 0 Å². The summed E-state index contributed by atoms with van der Waals surface area (Å²) in [6, 6.07) is 18.5. The van der Waals surface area contributed by atoms with Crippen LogP contribution in [0.15, 0.2) is 65.6 Å². The fourth-order valence-corrected chi connectivity index (χ4v) is 5.49. The molecule has 0 spiro atoms. The molecule has 1 aliphatic heterocycles. The highest BCUT2D eigenvalue weighted by Gasteiger charge is 2.43. The topological polar surface area (TPSA) is 63.7 Å². The summed E-state index contributed by atoms with van der Waals surface area (Å²) in [5, 5.41) is 0. The second-order valence-electron chi connectivity index (χ2n) is 7.62. The van der Waals surface area contributed by atoms with Crippen LogP contribution < -0.4 is 0 Å². The maximum Gasteiger partial charge on any atom is 0.316 e. The Morgan fingerprint density at radius 3 is 2.14 bits per heavy atom. The fraction of sp³-hybridized carbons (Fsp3) is 0.435. The van der Waals surface area contributed by atoms with Gasteiger partial charge in [-0.05, 0) is 63.0 Å². The SMILES string of the molecule is COC(=O)C1(c2ccccc2)CCN(CCCCS(=O)(=O)c2ccccc2)CC1. The monoisotopic (exact) mass is 415 g/mol. The van der Waals surface area contributed by atoms with Gasteiger partial charge in [0.25, 0.3) is 0 Å². The lowest BCUT2D eigenvalue weighted by atomic mass is 9.72. The molecule has 1 heterocycles. The van der Waals surface area contributed by atoms with Gasteiger partial charge in [0.15, 0.2) is 9.84 Å². The maximum absolute atomic E-state index is 12.6. The number of carbonyl (C=O) groups is 1. The van der Waals surface area contributed by atoms with Gasteiger partial charge in [-0.3, -0.25) is 4.79 Å². The molecule has 2 aromatic rings. The van der Waals surface area contributed by atoms with Crippen LogP contribution >= 0.6 is 0 Å². The van der Waals surface area contributed by atoms with Crippen molar-refractivity contribution in [2.45, 2.75) is 36.0 Å². The molecule has 2 aromatic carbocycles. The normalized spacial score (nSPS) is 17.0. The molecule has 6 heteroatoms. The first kappa shape index (κ1) is 21.5. The smallest absolute Gasteiger partial charge is 0.316 e. The summed E-state index contributed by atoms with van der Waals surface area (Å²) in [6.45, 7) is 2.45. The lowest BCUT2D eigenvalue weighted by molar-refractivity contribution is -0.149. The van der Waals surface area contributed by atoms with Crippen LogP contribution in [0.3, 0.4) is 0 Å². The van der Waals surface area contributed by atoms with E-state index in [0.717, 1.165) is 31.6 Å². The average Bonchev–Trinajstić information content (AvgIpc) is 2.78. The van der Waals surface area contributed by atoms with Gasteiger partial charge in [-0.15, -0.1) is 0 Å². The molecule has 0 N–H and O–H groups in total. The molecule has 0 bridgehead atoms. The Hall–Kier alpha value is -2.18. The zero-order chi connectivity index (χ0) is 20.7. The molecule has 5 nitrogen and oxygen atoms in total. The third kappa shape index (κ3) is 5.06. The van der Waals surface area contributed by atoms with Gasteiger partial charge in [0.2, 0.25) is 0 Å². The number of hydrogen-bond donors (Lipinski definition) is 0. The molecule has 0 saturated carbocycles. The van der Waals surface area contributed by atoms with Crippen molar-refractivity contribution in [3.8, 4) is 0 Å². The third-order valence-electron chi connectivity index (χ3n) is 5.85. The summed E-state index contributed by atoms with van der Waals surface area (Å²) in [7, 11) is -1.76. The second-order valence-corrected chi connectivity index (χ2v) is 9.73. The Morgan fingerprint density at radius 1 is 0.966 bits per heavy atom. The number of piperidine rings is 1. The van der Waals surface area contributed by atoms with Gasteiger partial charge in [0.05, 0.1) is 23.2 Å². The number of carbonyl (C=O) groups excluding carboxylic acids is 1. The standard InChI is InChI=1S/C23H29NO4S/c1-28-22(25)23(20-10-4-2-5-11-20)14-17-24(18-15-23)16-8-9-19-29(26,27)21-12-6-3-7-13-21/h2-7,10-13H,8-9,14-19H2,1H3. The van der Waals surface area contributed by atoms with Crippen LogP contribution in [0.25, 0.3) is 0 Å². The average molecular weight is 416 g/mol. The largest absolute Gasteiger partial charge is 0.468 e. The number of esters is 1. The predicted octanol–water partition coefficient (Wildman–Crippen LogP) is 3.45. The van der Waals surface area contributed by atoms with Crippen LogP contribution in [-0.4, -0.2) is 51.8 Å². The van der Waals surface area contributed by atoms with Crippen LogP contribution in [0.4, 0.5) is 0 Å². The Labute approximate surface area is 173 Å². The maximum atomic E-state index is 12.6. The summed E-state index contributed by atoms with van der Waals surface area (Å²) in [5.74, 6) is -0.00154. The lowest BCUT2D eigenvalue weighted by Gasteiger charge is -2.40. The van der Waals surface area contributed by atoms with Gasteiger partial charge in [0, 0.05) is 0 Å². The van der Waals surface area contributed by atoms with Gasteiger partial charge in [0.1, 0.15) is 0 Å². The van der Waals surface area contributed by atoms with Gasteiger partial charge in [-0.1, -0.05) is 48.5 Å². The summed E-state index contributed by atoms with van der Waals surface area (Å²) < 4.78 is 29.9. The molecule has 156 valence electrons. The lowest BCUT2D eigenvalue weighted by Crippen LogP contribution is -2.48. The van der Waals surface area contributed by atoms with Crippen molar-refractivity contribution in [3.05, 3.63) is 66.2 Å². The number of ether oxygens (including phenoxy) is 1. The molecule has 1 fully saturated rings. The van der Waals surface area contributed by atoms with Crippen LogP contribution in [0.5, 0.6) is 0 Å². The number of methoxy groups -OCH3 is 1. The number of rotatable bonds is 8. The minimum absolute atomic E-state index is 0.168. The van der Waals surface area contributed by atoms with Gasteiger partial charge < -0.3 is 9.64 Å². The first-order valence-electron chi connectivity index (χ1n) is 10.1. The molecule has 0 atom stereocenters. The highest BCUT2D eigenvalue weighted by molar-refractivity contribution is 7.91.